The minimum atomic E-state index is -4.19. The maximum Gasteiger partial charge on any atom is 0.274 e. The number of hydrogen-bond acceptors (Lipinski definition) is 4. The highest BCUT2D eigenvalue weighted by Crippen LogP contribution is 2.52. The summed E-state index contributed by atoms with van der Waals surface area (Å²) in [6.45, 7) is 2.14. The van der Waals surface area contributed by atoms with E-state index in [1.54, 1.807) is 48.5 Å². The Balaban J connectivity index is 1.73. The van der Waals surface area contributed by atoms with Gasteiger partial charge in [-0.25, -0.2) is 8.42 Å². The van der Waals surface area contributed by atoms with Gasteiger partial charge in [0, 0.05) is 16.3 Å². The summed E-state index contributed by atoms with van der Waals surface area (Å²) in [7, 11) is -4.19. The number of fused-ring (bicyclic) bond motifs is 2. The zero-order valence-corrected chi connectivity index (χ0v) is 18.7. The van der Waals surface area contributed by atoms with Crippen molar-refractivity contribution in [3.05, 3.63) is 94.5 Å². The minimum absolute atomic E-state index is 0.192. The molecule has 6 nitrogen and oxygen atoms in total. The molecule has 2 aliphatic rings. The third kappa shape index (κ3) is 2.81. The van der Waals surface area contributed by atoms with Crippen LogP contribution < -0.4 is 9.80 Å². The lowest BCUT2D eigenvalue weighted by molar-refractivity contribution is -0.123. The van der Waals surface area contributed by atoms with E-state index in [1.165, 1.54) is 4.90 Å². The Morgan fingerprint density at radius 3 is 2.41 bits per heavy atom. The summed E-state index contributed by atoms with van der Waals surface area (Å²) in [6, 6.07) is 20.7. The first kappa shape index (κ1) is 20.7. The fourth-order valence-electron chi connectivity index (χ4n) is 4.63. The Morgan fingerprint density at radius 1 is 0.969 bits per heavy atom. The molecule has 2 heterocycles. The van der Waals surface area contributed by atoms with Gasteiger partial charge in [-0.2, -0.15) is 0 Å². The average Bonchev–Trinajstić information content (AvgIpc) is 3.12. The molecule has 162 valence electrons. The number of amides is 2. The molecule has 32 heavy (non-hydrogen) atoms. The second kappa shape index (κ2) is 7.18. The quantitative estimate of drug-likeness (QED) is 0.588. The number of hydrogen-bond donors (Lipinski definition) is 0. The summed E-state index contributed by atoms with van der Waals surface area (Å²) < 4.78 is 27.1. The number of sulfone groups is 1. The van der Waals surface area contributed by atoms with Crippen LogP contribution in [0.3, 0.4) is 0 Å². The van der Waals surface area contributed by atoms with Crippen molar-refractivity contribution in [3.8, 4) is 0 Å². The van der Waals surface area contributed by atoms with Crippen LogP contribution in [0, 0.1) is 6.92 Å². The molecule has 0 bridgehead atoms. The van der Waals surface area contributed by atoms with Crippen LogP contribution in [0.2, 0.25) is 5.02 Å². The second-order valence-electron chi connectivity index (χ2n) is 8.01. The molecule has 1 spiro atoms. The van der Waals surface area contributed by atoms with Gasteiger partial charge in [-0.15, -0.1) is 0 Å². The number of anilines is 2. The Hall–Kier alpha value is -3.16. The molecule has 3 aromatic carbocycles. The first-order valence-electron chi connectivity index (χ1n) is 10.0. The Bertz CT molecular complexity index is 1370. The fourth-order valence-corrected chi connectivity index (χ4v) is 6.79. The van der Waals surface area contributed by atoms with E-state index in [2.05, 4.69) is 0 Å². The number of carbonyl (C=O) groups excluding carboxylic acids is 2. The maximum atomic E-state index is 14.0. The van der Waals surface area contributed by atoms with Crippen molar-refractivity contribution in [2.45, 2.75) is 18.3 Å². The fraction of sp³-hybridized carbons (Fsp3) is 0.167. The van der Waals surface area contributed by atoms with Gasteiger partial charge in [0.25, 0.3) is 10.8 Å². The molecule has 8 heteroatoms. The molecule has 2 amide bonds. The van der Waals surface area contributed by atoms with Crippen molar-refractivity contribution in [2.24, 2.45) is 0 Å². The molecular weight excluding hydrogens is 448 g/mol. The molecule has 5 rings (SSSR count). The first-order chi connectivity index (χ1) is 15.3. The summed E-state index contributed by atoms with van der Waals surface area (Å²) in [4.78, 5) is 27.5. The lowest BCUT2D eigenvalue weighted by atomic mass is 10.0. The van der Waals surface area contributed by atoms with Crippen molar-refractivity contribution < 1.29 is 18.0 Å². The van der Waals surface area contributed by atoms with Gasteiger partial charge in [-0.1, -0.05) is 59.6 Å². The summed E-state index contributed by atoms with van der Waals surface area (Å²) in [5, 5.41) is 0.441. The normalized spacial score (nSPS) is 21.4. The summed E-state index contributed by atoms with van der Waals surface area (Å²) >= 11 is 6.00. The molecule has 0 aromatic heterocycles. The van der Waals surface area contributed by atoms with Gasteiger partial charge in [0.2, 0.25) is 5.91 Å². The minimum Gasteiger partial charge on any atom is -0.304 e. The number of carbonyl (C=O) groups is 2. The molecule has 0 unspecified atom stereocenters. The van der Waals surface area contributed by atoms with E-state index >= 15 is 0 Å². The predicted molar refractivity (Wildman–Crippen MR) is 123 cm³/mol. The molecule has 1 saturated heterocycles. The van der Waals surface area contributed by atoms with Crippen LogP contribution in [0.25, 0.3) is 0 Å². The number of aryl methyl sites for hydroxylation is 1. The van der Waals surface area contributed by atoms with Crippen molar-refractivity contribution >= 4 is 44.6 Å². The highest BCUT2D eigenvalue weighted by atomic mass is 35.5. The van der Waals surface area contributed by atoms with Crippen LogP contribution in [0.5, 0.6) is 0 Å². The molecule has 0 radical (unpaired) electrons. The van der Waals surface area contributed by atoms with E-state index in [0.29, 0.717) is 22.0 Å². The van der Waals surface area contributed by atoms with Crippen molar-refractivity contribution in [1.29, 1.82) is 0 Å². The average molecular weight is 467 g/mol. The number of nitrogens with zero attached hydrogens (tertiary/aromatic N) is 2. The summed E-state index contributed by atoms with van der Waals surface area (Å²) in [5.41, 5.74) is 2.98. The highest BCUT2D eigenvalue weighted by Gasteiger charge is 2.69. The van der Waals surface area contributed by atoms with Gasteiger partial charge < -0.3 is 4.90 Å². The summed E-state index contributed by atoms with van der Waals surface area (Å²) in [5.74, 6) is -2.04. The molecule has 1 atom stereocenters. The molecular formula is C24H19ClN2O4S. The molecule has 1 fully saturated rings. The van der Waals surface area contributed by atoms with Crippen LogP contribution in [-0.2, 0) is 30.8 Å². The van der Waals surface area contributed by atoms with E-state index in [0.717, 1.165) is 16.0 Å². The molecule has 0 aliphatic carbocycles. The Labute approximate surface area is 190 Å². The maximum absolute atomic E-state index is 14.0. The van der Waals surface area contributed by atoms with E-state index in [1.807, 2.05) is 31.2 Å². The van der Waals surface area contributed by atoms with Crippen LogP contribution in [0.4, 0.5) is 11.4 Å². The molecule has 3 aromatic rings. The SMILES string of the molecule is Cc1cccc(CN2C(=O)[C@]3(c4ccccc42)N(c2ccc(Cl)cc2)C(=O)CS3(=O)=O)c1. The summed E-state index contributed by atoms with van der Waals surface area (Å²) in [6.07, 6.45) is 0. The van der Waals surface area contributed by atoms with Gasteiger partial charge in [-0.3, -0.25) is 14.5 Å². The zero-order valence-electron chi connectivity index (χ0n) is 17.2. The topological polar surface area (TPSA) is 74.8 Å². The van der Waals surface area contributed by atoms with Gasteiger partial charge >= 0.3 is 0 Å². The lowest BCUT2D eigenvalue weighted by Gasteiger charge is -2.32. The van der Waals surface area contributed by atoms with Crippen LogP contribution in [0.15, 0.2) is 72.8 Å². The van der Waals surface area contributed by atoms with Crippen molar-refractivity contribution in [3.63, 3.8) is 0 Å². The predicted octanol–water partition coefficient (Wildman–Crippen LogP) is 3.81. The van der Waals surface area contributed by atoms with E-state index in [9.17, 15) is 18.0 Å². The second-order valence-corrected chi connectivity index (χ2v) is 10.6. The smallest absolute Gasteiger partial charge is 0.274 e. The van der Waals surface area contributed by atoms with E-state index in [-0.39, 0.29) is 6.54 Å². The van der Waals surface area contributed by atoms with E-state index in [4.69, 9.17) is 11.6 Å². The first-order valence-corrected chi connectivity index (χ1v) is 12.1. The lowest BCUT2D eigenvalue weighted by Crippen LogP contribution is -2.54. The monoisotopic (exact) mass is 466 g/mol. The van der Waals surface area contributed by atoms with Crippen LogP contribution >= 0.6 is 11.6 Å². The van der Waals surface area contributed by atoms with Gasteiger partial charge in [-0.05, 0) is 42.8 Å². The highest BCUT2D eigenvalue weighted by molar-refractivity contribution is 7.94. The number of para-hydroxylation sites is 1. The number of benzene rings is 3. The zero-order chi connectivity index (χ0) is 22.7. The third-order valence-corrected chi connectivity index (χ3v) is 8.29. The molecule has 0 saturated carbocycles. The van der Waals surface area contributed by atoms with Crippen molar-refractivity contribution in [2.75, 3.05) is 15.6 Å². The van der Waals surface area contributed by atoms with Crippen molar-refractivity contribution in [1.82, 2.24) is 0 Å². The van der Waals surface area contributed by atoms with Crippen LogP contribution in [0.1, 0.15) is 16.7 Å². The van der Waals surface area contributed by atoms with Gasteiger partial charge in [0.1, 0.15) is 5.75 Å². The third-order valence-electron chi connectivity index (χ3n) is 5.93. The number of rotatable bonds is 3. The van der Waals surface area contributed by atoms with Crippen LogP contribution in [-0.4, -0.2) is 26.0 Å². The Morgan fingerprint density at radius 2 is 1.69 bits per heavy atom. The Kier molecular flexibility index (Phi) is 4.65. The molecule has 0 N–H and O–H groups in total. The standard InChI is InChI=1S/C24H19ClN2O4S/c1-16-5-4-6-17(13-16)14-26-21-8-3-2-7-20(21)24(23(26)29)27(22(28)15-32(24,30)31)19-11-9-18(25)10-12-19/h2-13H,14-15H2,1H3/t24-/m1/s1. The molecule has 2 aliphatic heterocycles. The largest absolute Gasteiger partial charge is 0.304 e. The number of halogens is 1. The van der Waals surface area contributed by atoms with Gasteiger partial charge in [0.05, 0.1) is 12.2 Å². The van der Waals surface area contributed by atoms with Gasteiger partial charge in [0.15, 0.2) is 9.84 Å². The van der Waals surface area contributed by atoms with E-state index < -0.39 is 32.3 Å².